The lowest BCUT2D eigenvalue weighted by atomic mass is 9.97. The number of nitrogens with two attached hydrogens (primary N) is 1. The van der Waals surface area contributed by atoms with E-state index in [1.807, 2.05) is 18.5 Å². The monoisotopic (exact) mass is 333 g/mol. The van der Waals surface area contributed by atoms with Crippen molar-refractivity contribution in [3.63, 3.8) is 0 Å². The standard InChI is InChI=1S/C17H27N5O2/c1-12-9-13(2)22(21-12)11-16(7-8-16)10-19-15(24)20-17(14(18)23)5-3-4-6-17/h9H,3-8,10-11H2,1-2H3,(H2,18,23)(H2,19,20,24). The predicted octanol–water partition coefficient (Wildman–Crippen LogP) is 1.38. The van der Waals surface area contributed by atoms with Crippen molar-refractivity contribution >= 4 is 11.9 Å². The Morgan fingerprint density at radius 2 is 1.92 bits per heavy atom. The van der Waals surface area contributed by atoms with Crippen LogP contribution in [0.5, 0.6) is 0 Å². The Morgan fingerprint density at radius 3 is 2.42 bits per heavy atom. The Hall–Kier alpha value is -2.05. The van der Waals surface area contributed by atoms with Crippen molar-refractivity contribution in [2.75, 3.05) is 6.54 Å². The van der Waals surface area contributed by atoms with Crippen LogP contribution in [0.4, 0.5) is 4.79 Å². The second-order valence-electron chi connectivity index (χ2n) is 7.55. The predicted molar refractivity (Wildman–Crippen MR) is 90.3 cm³/mol. The Bertz CT molecular complexity index is 641. The summed E-state index contributed by atoms with van der Waals surface area (Å²) < 4.78 is 2.02. The molecular weight excluding hydrogens is 306 g/mol. The average molecular weight is 333 g/mol. The Morgan fingerprint density at radius 1 is 1.25 bits per heavy atom. The first kappa shape index (κ1) is 16.8. The fourth-order valence-corrected chi connectivity index (χ4v) is 3.66. The van der Waals surface area contributed by atoms with Crippen molar-refractivity contribution < 1.29 is 9.59 Å². The van der Waals surface area contributed by atoms with Crippen LogP contribution in [0.1, 0.15) is 49.9 Å². The normalized spacial score (nSPS) is 20.6. The Kier molecular flexibility index (Phi) is 4.27. The van der Waals surface area contributed by atoms with Crippen LogP contribution >= 0.6 is 0 Å². The molecule has 2 fully saturated rings. The van der Waals surface area contributed by atoms with E-state index in [9.17, 15) is 9.59 Å². The summed E-state index contributed by atoms with van der Waals surface area (Å²) in [6.07, 6.45) is 5.26. The highest BCUT2D eigenvalue weighted by molar-refractivity contribution is 5.90. The van der Waals surface area contributed by atoms with E-state index in [0.29, 0.717) is 19.4 Å². The summed E-state index contributed by atoms with van der Waals surface area (Å²) in [5.41, 5.74) is 6.87. The summed E-state index contributed by atoms with van der Waals surface area (Å²) in [5, 5.41) is 10.3. The van der Waals surface area contributed by atoms with Gasteiger partial charge in [-0.2, -0.15) is 5.10 Å². The van der Waals surface area contributed by atoms with E-state index >= 15 is 0 Å². The number of aromatic nitrogens is 2. The minimum atomic E-state index is -0.865. The number of primary amides is 1. The van der Waals surface area contributed by atoms with Crippen molar-refractivity contribution in [2.45, 2.75) is 64.5 Å². The molecule has 7 nitrogen and oxygen atoms in total. The number of aryl methyl sites for hydroxylation is 2. The molecule has 2 saturated carbocycles. The van der Waals surface area contributed by atoms with Crippen molar-refractivity contribution in [1.29, 1.82) is 0 Å². The third-order valence-corrected chi connectivity index (χ3v) is 5.45. The van der Waals surface area contributed by atoms with Gasteiger partial charge in [0.2, 0.25) is 5.91 Å². The molecule has 0 bridgehead atoms. The first-order valence-electron chi connectivity index (χ1n) is 8.71. The lowest BCUT2D eigenvalue weighted by molar-refractivity contribution is -0.123. The maximum absolute atomic E-state index is 12.3. The second-order valence-corrected chi connectivity index (χ2v) is 7.55. The molecule has 2 aliphatic rings. The number of urea groups is 1. The van der Waals surface area contributed by atoms with Gasteiger partial charge in [0.1, 0.15) is 5.54 Å². The summed E-state index contributed by atoms with van der Waals surface area (Å²) >= 11 is 0. The molecule has 24 heavy (non-hydrogen) atoms. The quantitative estimate of drug-likeness (QED) is 0.733. The molecule has 0 saturated heterocycles. The van der Waals surface area contributed by atoms with Crippen LogP contribution in [-0.4, -0.2) is 33.8 Å². The molecule has 0 aliphatic heterocycles. The molecule has 1 aromatic heterocycles. The maximum atomic E-state index is 12.3. The zero-order valence-corrected chi connectivity index (χ0v) is 14.5. The topological polar surface area (TPSA) is 102 Å². The highest BCUT2D eigenvalue weighted by Crippen LogP contribution is 2.46. The van der Waals surface area contributed by atoms with Gasteiger partial charge in [-0.25, -0.2) is 4.79 Å². The van der Waals surface area contributed by atoms with E-state index in [2.05, 4.69) is 21.8 Å². The van der Waals surface area contributed by atoms with Crippen LogP contribution in [0.15, 0.2) is 6.07 Å². The van der Waals surface area contributed by atoms with Crippen molar-refractivity contribution in [2.24, 2.45) is 11.1 Å². The van der Waals surface area contributed by atoms with E-state index in [1.54, 1.807) is 0 Å². The zero-order valence-electron chi connectivity index (χ0n) is 14.5. The molecule has 0 aromatic carbocycles. The van der Waals surface area contributed by atoms with Crippen LogP contribution in [0.2, 0.25) is 0 Å². The minimum absolute atomic E-state index is 0.0795. The van der Waals surface area contributed by atoms with Gasteiger partial charge in [-0.05, 0) is 45.6 Å². The van der Waals surface area contributed by atoms with Crippen LogP contribution in [0, 0.1) is 19.3 Å². The van der Waals surface area contributed by atoms with E-state index < -0.39 is 11.4 Å². The first-order chi connectivity index (χ1) is 11.3. The maximum Gasteiger partial charge on any atom is 0.315 e. The largest absolute Gasteiger partial charge is 0.368 e. The molecule has 1 heterocycles. The lowest BCUT2D eigenvalue weighted by Crippen LogP contribution is -2.58. The fraction of sp³-hybridized carbons (Fsp3) is 0.706. The van der Waals surface area contributed by atoms with Crippen LogP contribution < -0.4 is 16.4 Å². The van der Waals surface area contributed by atoms with Gasteiger partial charge < -0.3 is 16.4 Å². The molecule has 3 rings (SSSR count). The second kappa shape index (κ2) is 6.11. The Balaban J connectivity index is 1.54. The number of amides is 3. The van der Waals surface area contributed by atoms with Gasteiger partial charge in [-0.1, -0.05) is 12.8 Å². The number of hydrogen-bond acceptors (Lipinski definition) is 3. The van der Waals surface area contributed by atoms with Crippen molar-refractivity contribution in [3.8, 4) is 0 Å². The number of carbonyl (C=O) groups is 2. The van der Waals surface area contributed by atoms with Crippen LogP contribution in [-0.2, 0) is 11.3 Å². The Labute approximate surface area is 142 Å². The summed E-state index contributed by atoms with van der Waals surface area (Å²) in [5.74, 6) is -0.432. The molecule has 7 heteroatoms. The smallest absolute Gasteiger partial charge is 0.315 e. The summed E-state index contributed by atoms with van der Waals surface area (Å²) in [4.78, 5) is 24.0. The molecule has 4 N–H and O–H groups in total. The molecule has 0 spiro atoms. The number of nitrogens with one attached hydrogen (secondary N) is 2. The molecule has 0 atom stereocenters. The van der Waals surface area contributed by atoms with Gasteiger partial charge in [-0.3, -0.25) is 9.48 Å². The van der Waals surface area contributed by atoms with E-state index in [4.69, 9.17) is 5.73 Å². The summed E-state index contributed by atoms with van der Waals surface area (Å²) in [7, 11) is 0. The van der Waals surface area contributed by atoms with E-state index in [-0.39, 0.29) is 11.4 Å². The summed E-state index contributed by atoms with van der Waals surface area (Å²) in [6, 6.07) is 1.77. The highest BCUT2D eigenvalue weighted by Gasteiger charge is 2.45. The highest BCUT2D eigenvalue weighted by atomic mass is 16.2. The SMILES string of the molecule is Cc1cc(C)n(CC2(CNC(=O)NC3(C(N)=O)CCCC3)CC2)n1. The van der Waals surface area contributed by atoms with Gasteiger partial charge in [0.15, 0.2) is 0 Å². The number of rotatable bonds is 6. The zero-order chi connectivity index (χ0) is 17.4. The van der Waals surface area contributed by atoms with Gasteiger partial charge in [0.25, 0.3) is 0 Å². The average Bonchev–Trinajstić information content (AvgIpc) is 2.97. The molecule has 3 amide bonds. The third-order valence-electron chi connectivity index (χ3n) is 5.45. The first-order valence-corrected chi connectivity index (χ1v) is 8.71. The minimum Gasteiger partial charge on any atom is -0.368 e. The number of carbonyl (C=O) groups excluding carboxylic acids is 2. The van der Waals surface area contributed by atoms with Crippen molar-refractivity contribution in [1.82, 2.24) is 20.4 Å². The van der Waals surface area contributed by atoms with E-state index in [0.717, 1.165) is 43.6 Å². The van der Waals surface area contributed by atoms with Gasteiger partial charge in [0.05, 0.1) is 5.69 Å². The third kappa shape index (κ3) is 3.39. The van der Waals surface area contributed by atoms with E-state index in [1.165, 1.54) is 0 Å². The molecular formula is C17H27N5O2. The van der Waals surface area contributed by atoms with Crippen LogP contribution in [0.25, 0.3) is 0 Å². The van der Waals surface area contributed by atoms with Gasteiger partial charge >= 0.3 is 6.03 Å². The molecule has 2 aliphatic carbocycles. The number of hydrogen-bond donors (Lipinski definition) is 3. The van der Waals surface area contributed by atoms with Crippen LogP contribution in [0.3, 0.4) is 0 Å². The van der Waals surface area contributed by atoms with Crippen molar-refractivity contribution in [3.05, 3.63) is 17.5 Å². The number of nitrogens with zero attached hydrogens (tertiary/aromatic N) is 2. The molecule has 0 unspecified atom stereocenters. The lowest BCUT2D eigenvalue weighted by Gasteiger charge is -2.27. The molecule has 132 valence electrons. The summed E-state index contributed by atoms with van der Waals surface area (Å²) in [6.45, 7) is 5.44. The molecule has 0 radical (unpaired) electrons. The fourth-order valence-electron chi connectivity index (χ4n) is 3.66. The molecule has 1 aromatic rings. The van der Waals surface area contributed by atoms with Gasteiger partial charge in [0, 0.05) is 24.2 Å². The van der Waals surface area contributed by atoms with Gasteiger partial charge in [-0.15, -0.1) is 0 Å².